The highest BCUT2D eigenvalue weighted by molar-refractivity contribution is 5.18. The number of halogens is 2. The van der Waals surface area contributed by atoms with Crippen LogP contribution >= 0.6 is 0 Å². The quantitative estimate of drug-likeness (QED) is 0.838. The lowest BCUT2D eigenvalue weighted by Gasteiger charge is -2.48. The summed E-state index contributed by atoms with van der Waals surface area (Å²) in [5, 5.41) is 0. The van der Waals surface area contributed by atoms with Gasteiger partial charge in [-0.1, -0.05) is 6.92 Å². The maximum atomic E-state index is 13.2. The molecule has 1 aromatic carbocycles. The fourth-order valence-electron chi connectivity index (χ4n) is 3.31. The van der Waals surface area contributed by atoms with Crippen LogP contribution in [0.4, 0.5) is 8.78 Å². The van der Waals surface area contributed by atoms with Crippen molar-refractivity contribution in [1.82, 2.24) is 14.7 Å². The smallest absolute Gasteiger partial charge is 0.126 e. The first kappa shape index (κ1) is 14.9. The molecule has 5 heteroatoms. The van der Waals surface area contributed by atoms with Crippen molar-refractivity contribution in [1.29, 1.82) is 0 Å². The molecule has 2 aliphatic rings. The number of hydrogen-bond acceptors (Lipinski definition) is 3. The number of hydrogen-bond donors (Lipinski definition) is 0. The number of likely N-dealkylation sites (N-methyl/N-ethyl adjacent to an activating group) is 1. The monoisotopic (exact) mass is 295 g/mol. The summed E-state index contributed by atoms with van der Waals surface area (Å²) in [6, 6.07) is 4.39. The van der Waals surface area contributed by atoms with Crippen molar-refractivity contribution in [2.24, 2.45) is 0 Å². The molecule has 0 atom stereocenters. The maximum Gasteiger partial charge on any atom is 0.126 e. The highest BCUT2D eigenvalue weighted by Gasteiger charge is 2.33. The topological polar surface area (TPSA) is 9.72 Å². The molecule has 3 rings (SSSR count). The largest absolute Gasteiger partial charge is 0.301 e. The van der Waals surface area contributed by atoms with Crippen molar-refractivity contribution in [3.63, 3.8) is 0 Å². The van der Waals surface area contributed by atoms with Crippen LogP contribution in [0.15, 0.2) is 18.2 Å². The Morgan fingerprint density at radius 2 is 1.57 bits per heavy atom. The van der Waals surface area contributed by atoms with Gasteiger partial charge in [0, 0.05) is 57.9 Å². The van der Waals surface area contributed by atoms with Crippen LogP contribution in [0, 0.1) is 11.6 Å². The van der Waals surface area contributed by atoms with Gasteiger partial charge in [-0.2, -0.15) is 0 Å². The molecule has 0 saturated carbocycles. The summed E-state index contributed by atoms with van der Waals surface area (Å²) >= 11 is 0. The van der Waals surface area contributed by atoms with Crippen molar-refractivity contribution in [2.75, 3.05) is 45.8 Å². The first-order chi connectivity index (χ1) is 10.1. The number of rotatable bonds is 4. The van der Waals surface area contributed by atoms with Gasteiger partial charge in [0.1, 0.15) is 11.6 Å². The van der Waals surface area contributed by atoms with Gasteiger partial charge in [0.15, 0.2) is 0 Å². The molecule has 2 saturated heterocycles. The minimum absolute atomic E-state index is 0.488. The van der Waals surface area contributed by atoms with E-state index in [1.54, 1.807) is 0 Å². The normalized spacial score (nSPS) is 22.4. The summed E-state index contributed by atoms with van der Waals surface area (Å²) in [5.41, 5.74) is 0.724. The van der Waals surface area contributed by atoms with Gasteiger partial charge in [0.2, 0.25) is 0 Å². The second kappa shape index (κ2) is 6.38. The van der Waals surface area contributed by atoms with Crippen LogP contribution in [0.3, 0.4) is 0 Å². The van der Waals surface area contributed by atoms with Crippen LogP contribution in [0.1, 0.15) is 12.5 Å². The van der Waals surface area contributed by atoms with Gasteiger partial charge in [-0.05, 0) is 24.2 Å². The lowest BCUT2D eigenvalue weighted by molar-refractivity contribution is 0.00206. The first-order valence-electron chi connectivity index (χ1n) is 7.78. The lowest BCUT2D eigenvalue weighted by atomic mass is 10.0. The van der Waals surface area contributed by atoms with E-state index in [1.165, 1.54) is 12.1 Å². The number of nitrogens with zero attached hydrogens (tertiary/aromatic N) is 3. The van der Waals surface area contributed by atoms with E-state index in [0.29, 0.717) is 12.6 Å². The van der Waals surface area contributed by atoms with E-state index in [4.69, 9.17) is 0 Å². The predicted octanol–water partition coefficient (Wildman–Crippen LogP) is 1.79. The molecule has 0 unspecified atom stereocenters. The van der Waals surface area contributed by atoms with E-state index in [1.807, 2.05) is 0 Å². The Bertz CT molecular complexity index is 460. The first-order valence-corrected chi connectivity index (χ1v) is 7.78. The van der Waals surface area contributed by atoms with E-state index >= 15 is 0 Å². The summed E-state index contributed by atoms with van der Waals surface area (Å²) in [6.07, 6.45) is 0. The van der Waals surface area contributed by atoms with Crippen LogP contribution < -0.4 is 0 Å². The average molecular weight is 295 g/mol. The minimum atomic E-state index is -0.488. The van der Waals surface area contributed by atoms with E-state index in [0.717, 1.165) is 57.4 Å². The van der Waals surface area contributed by atoms with E-state index in [2.05, 4.69) is 21.6 Å². The Kier molecular flexibility index (Phi) is 4.52. The van der Waals surface area contributed by atoms with Gasteiger partial charge in [0.25, 0.3) is 0 Å². The van der Waals surface area contributed by atoms with Gasteiger partial charge >= 0.3 is 0 Å². The van der Waals surface area contributed by atoms with Gasteiger partial charge in [-0.25, -0.2) is 8.78 Å². The van der Waals surface area contributed by atoms with Crippen molar-refractivity contribution in [3.05, 3.63) is 35.4 Å². The van der Waals surface area contributed by atoms with Gasteiger partial charge in [-0.3, -0.25) is 9.80 Å². The molecule has 2 fully saturated rings. The van der Waals surface area contributed by atoms with Crippen LogP contribution in [-0.2, 0) is 6.54 Å². The second-order valence-corrected chi connectivity index (χ2v) is 6.10. The molecule has 0 radical (unpaired) electrons. The molecule has 0 bridgehead atoms. The van der Waals surface area contributed by atoms with Gasteiger partial charge in [-0.15, -0.1) is 0 Å². The SMILES string of the molecule is CCN1CCN(C2CN(Cc3cc(F)cc(F)c3)C2)CC1. The Labute approximate surface area is 125 Å². The third-order valence-electron chi connectivity index (χ3n) is 4.64. The predicted molar refractivity (Wildman–Crippen MR) is 79.1 cm³/mol. The third kappa shape index (κ3) is 3.59. The molecule has 2 aliphatic heterocycles. The molecule has 21 heavy (non-hydrogen) atoms. The molecule has 0 aromatic heterocycles. The Morgan fingerprint density at radius 3 is 2.14 bits per heavy atom. The van der Waals surface area contributed by atoms with Crippen LogP contribution in [-0.4, -0.2) is 66.6 Å². The summed E-state index contributed by atoms with van der Waals surface area (Å²) in [4.78, 5) is 7.28. The molecule has 0 aliphatic carbocycles. The van der Waals surface area contributed by atoms with E-state index < -0.39 is 11.6 Å². The summed E-state index contributed by atoms with van der Waals surface area (Å²) in [7, 11) is 0. The fraction of sp³-hybridized carbons (Fsp3) is 0.625. The van der Waals surface area contributed by atoms with Crippen LogP contribution in [0.25, 0.3) is 0 Å². The molecule has 1 aromatic rings. The van der Waals surface area contributed by atoms with E-state index in [-0.39, 0.29) is 0 Å². The summed E-state index contributed by atoms with van der Waals surface area (Å²) in [6.45, 7) is 10.6. The third-order valence-corrected chi connectivity index (χ3v) is 4.64. The maximum absolute atomic E-state index is 13.2. The second-order valence-electron chi connectivity index (χ2n) is 6.10. The van der Waals surface area contributed by atoms with Crippen LogP contribution in [0.5, 0.6) is 0 Å². The lowest BCUT2D eigenvalue weighted by Crippen LogP contribution is -2.62. The zero-order chi connectivity index (χ0) is 14.8. The van der Waals surface area contributed by atoms with Gasteiger partial charge in [0.05, 0.1) is 0 Å². The number of benzene rings is 1. The fourth-order valence-corrected chi connectivity index (χ4v) is 3.31. The zero-order valence-corrected chi connectivity index (χ0v) is 12.6. The molecule has 116 valence electrons. The number of likely N-dealkylation sites (tertiary alicyclic amines) is 1. The number of piperazine rings is 1. The zero-order valence-electron chi connectivity index (χ0n) is 12.6. The van der Waals surface area contributed by atoms with Crippen molar-refractivity contribution in [3.8, 4) is 0 Å². The molecular weight excluding hydrogens is 272 g/mol. The molecule has 2 heterocycles. The summed E-state index contributed by atoms with van der Waals surface area (Å²) in [5.74, 6) is -0.976. The molecule has 0 N–H and O–H groups in total. The highest BCUT2D eigenvalue weighted by atomic mass is 19.1. The average Bonchev–Trinajstić information content (AvgIpc) is 2.41. The molecule has 0 amide bonds. The molecular formula is C16H23F2N3. The standard InChI is InChI=1S/C16H23F2N3/c1-2-19-3-5-21(6-4-19)16-11-20(12-16)10-13-7-14(17)9-15(18)8-13/h7-9,16H,2-6,10-12H2,1H3. The van der Waals surface area contributed by atoms with Crippen molar-refractivity contribution >= 4 is 0 Å². The molecule has 0 spiro atoms. The van der Waals surface area contributed by atoms with E-state index in [9.17, 15) is 8.78 Å². The van der Waals surface area contributed by atoms with Crippen molar-refractivity contribution in [2.45, 2.75) is 19.5 Å². The molecule has 3 nitrogen and oxygen atoms in total. The summed E-state index contributed by atoms with van der Waals surface area (Å²) < 4.78 is 26.3. The van der Waals surface area contributed by atoms with Gasteiger partial charge < -0.3 is 4.90 Å². The van der Waals surface area contributed by atoms with Crippen molar-refractivity contribution < 1.29 is 8.78 Å². The minimum Gasteiger partial charge on any atom is -0.301 e. The Morgan fingerprint density at radius 1 is 0.952 bits per heavy atom. The van der Waals surface area contributed by atoms with Crippen LogP contribution in [0.2, 0.25) is 0 Å². The Hall–Kier alpha value is -1.04. The highest BCUT2D eigenvalue weighted by Crippen LogP contribution is 2.20. The Balaban J connectivity index is 1.45.